The van der Waals surface area contributed by atoms with Gasteiger partial charge in [0, 0.05) is 24.5 Å². The molecule has 132 valence electrons. The summed E-state index contributed by atoms with van der Waals surface area (Å²) in [6, 6.07) is 9.23. The zero-order chi connectivity index (χ0) is 18.6. The van der Waals surface area contributed by atoms with Crippen LogP contribution in [0.4, 0.5) is 5.69 Å². The quantitative estimate of drug-likeness (QED) is 0.672. The number of hydrogen-bond donors (Lipinski definition) is 1. The van der Waals surface area contributed by atoms with Gasteiger partial charge in [0.1, 0.15) is 0 Å². The zero-order valence-electron chi connectivity index (χ0n) is 15.2. The molecule has 0 unspecified atom stereocenters. The van der Waals surface area contributed by atoms with Gasteiger partial charge in [-0.15, -0.1) is 0 Å². The van der Waals surface area contributed by atoms with E-state index in [1.807, 2.05) is 45.9 Å². The molecule has 1 heterocycles. The summed E-state index contributed by atoms with van der Waals surface area (Å²) in [5, 5.41) is 7.09. The van der Waals surface area contributed by atoms with Crippen LogP contribution in [0.2, 0.25) is 0 Å². The van der Waals surface area contributed by atoms with Crippen molar-refractivity contribution in [3.63, 3.8) is 0 Å². The third-order valence-corrected chi connectivity index (χ3v) is 3.68. The van der Waals surface area contributed by atoms with Gasteiger partial charge >= 0.3 is 11.8 Å². The van der Waals surface area contributed by atoms with Gasteiger partial charge in [-0.1, -0.05) is 18.2 Å². The first-order chi connectivity index (χ1) is 11.8. The second kappa shape index (κ2) is 7.79. The smallest absolute Gasteiger partial charge is 0.313 e. The van der Waals surface area contributed by atoms with E-state index in [-0.39, 0.29) is 0 Å². The second-order valence-corrected chi connectivity index (χ2v) is 6.12. The fourth-order valence-electron chi connectivity index (χ4n) is 2.59. The SMILES string of the molecule is C=C(C)CN(CC)C(=O)C(=O)Nc1cccc(-n2nc(C)cc2C)c1. The predicted molar refractivity (Wildman–Crippen MR) is 98.7 cm³/mol. The molecule has 6 heteroatoms. The molecule has 0 aliphatic rings. The molecule has 0 aliphatic heterocycles. The van der Waals surface area contributed by atoms with Crippen LogP contribution in [-0.2, 0) is 9.59 Å². The first-order valence-electron chi connectivity index (χ1n) is 8.20. The topological polar surface area (TPSA) is 67.2 Å². The van der Waals surface area contributed by atoms with Gasteiger partial charge in [-0.3, -0.25) is 9.59 Å². The van der Waals surface area contributed by atoms with E-state index in [4.69, 9.17) is 0 Å². The molecule has 1 aromatic heterocycles. The van der Waals surface area contributed by atoms with Gasteiger partial charge in [0.15, 0.2) is 0 Å². The van der Waals surface area contributed by atoms with Gasteiger partial charge in [0.2, 0.25) is 0 Å². The van der Waals surface area contributed by atoms with Crippen LogP contribution in [0.25, 0.3) is 5.69 Å². The van der Waals surface area contributed by atoms with Crippen LogP contribution in [0.15, 0.2) is 42.5 Å². The highest BCUT2D eigenvalue weighted by atomic mass is 16.2. The summed E-state index contributed by atoms with van der Waals surface area (Å²) in [5.74, 6) is -1.23. The maximum absolute atomic E-state index is 12.3. The molecule has 0 saturated heterocycles. The molecule has 0 fully saturated rings. The highest BCUT2D eigenvalue weighted by Gasteiger charge is 2.20. The van der Waals surface area contributed by atoms with Crippen LogP contribution in [0, 0.1) is 13.8 Å². The lowest BCUT2D eigenvalue weighted by atomic mass is 10.2. The normalized spacial score (nSPS) is 10.4. The Labute approximate surface area is 148 Å². The number of carbonyl (C=O) groups excluding carboxylic acids is 2. The molecule has 1 aromatic carbocycles. The van der Waals surface area contributed by atoms with E-state index in [2.05, 4.69) is 17.0 Å². The summed E-state index contributed by atoms with van der Waals surface area (Å²) in [5.41, 5.74) is 4.12. The van der Waals surface area contributed by atoms with E-state index in [0.29, 0.717) is 18.8 Å². The third-order valence-electron chi connectivity index (χ3n) is 3.68. The van der Waals surface area contributed by atoms with Crippen molar-refractivity contribution >= 4 is 17.5 Å². The maximum Gasteiger partial charge on any atom is 0.313 e. The summed E-state index contributed by atoms with van der Waals surface area (Å²) in [7, 11) is 0. The fourth-order valence-corrected chi connectivity index (χ4v) is 2.59. The second-order valence-electron chi connectivity index (χ2n) is 6.12. The molecule has 25 heavy (non-hydrogen) atoms. The van der Waals surface area contributed by atoms with Gasteiger partial charge in [0.25, 0.3) is 0 Å². The van der Waals surface area contributed by atoms with Crippen molar-refractivity contribution in [2.45, 2.75) is 27.7 Å². The highest BCUT2D eigenvalue weighted by Crippen LogP contribution is 2.17. The molecule has 6 nitrogen and oxygen atoms in total. The number of carbonyl (C=O) groups is 2. The molecule has 0 saturated carbocycles. The number of anilines is 1. The summed E-state index contributed by atoms with van der Waals surface area (Å²) >= 11 is 0. The minimum atomic E-state index is -0.659. The van der Waals surface area contributed by atoms with Crippen molar-refractivity contribution in [1.82, 2.24) is 14.7 Å². The molecule has 2 rings (SSSR count). The summed E-state index contributed by atoms with van der Waals surface area (Å²) in [4.78, 5) is 26.0. The van der Waals surface area contributed by atoms with Crippen LogP contribution >= 0.6 is 0 Å². The largest absolute Gasteiger partial charge is 0.331 e. The van der Waals surface area contributed by atoms with E-state index >= 15 is 0 Å². The standard InChI is InChI=1S/C19H24N4O2/c1-6-22(12-13(2)3)19(25)18(24)20-16-8-7-9-17(11-16)23-15(5)10-14(4)21-23/h7-11H,2,6,12H2,1,3-5H3,(H,20,24). The third kappa shape index (κ3) is 4.56. The number of benzene rings is 1. The Kier molecular flexibility index (Phi) is 5.75. The Morgan fingerprint density at radius 3 is 2.56 bits per heavy atom. The summed E-state index contributed by atoms with van der Waals surface area (Å²) in [6.07, 6.45) is 0. The number of nitrogens with zero attached hydrogens (tertiary/aromatic N) is 3. The van der Waals surface area contributed by atoms with E-state index in [0.717, 1.165) is 22.6 Å². The highest BCUT2D eigenvalue weighted by molar-refractivity contribution is 6.39. The van der Waals surface area contributed by atoms with E-state index in [1.54, 1.807) is 16.8 Å². The molecule has 0 bridgehead atoms. The number of amides is 2. The fraction of sp³-hybridized carbons (Fsp3) is 0.316. The first-order valence-corrected chi connectivity index (χ1v) is 8.20. The Morgan fingerprint density at radius 1 is 1.28 bits per heavy atom. The number of aryl methyl sites for hydroxylation is 2. The van der Waals surface area contributed by atoms with Gasteiger partial charge < -0.3 is 10.2 Å². The summed E-state index contributed by atoms with van der Waals surface area (Å²) in [6.45, 7) is 12.2. The Hall–Kier alpha value is -2.89. The first kappa shape index (κ1) is 18.4. The molecular weight excluding hydrogens is 316 g/mol. The Bertz CT molecular complexity index is 808. The van der Waals surface area contributed by atoms with Crippen molar-refractivity contribution in [2.75, 3.05) is 18.4 Å². The number of aromatic nitrogens is 2. The van der Waals surface area contributed by atoms with Crippen LogP contribution in [-0.4, -0.2) is 39.6 Å². The maximum atomic E-state index is 12.3. The average molecular weight is 340 g/mol. The van der Waals surface area contributed by atoms with Gasteiger partial charge in [-0.2, -0.15) is 5.10 Å². The van der Waals surface area contributed by atoms with Crippen LogP contribution < -0.4 is 5.32 Å². The average Bonchev–Trinajstić information content (AvgIpc) is 2.90. The number of likely N-dealkylation sites (N-methyl/N-ethyl adjacent to an activating group) is 1. The van der Waals surface area contributed by atoms with E-state index in [1.165, 1.54) is 4.90 Å². The van der Waals surface area contributed by atoms with Crippen molar-refractivity contribution in [1.29, 1.82) is 0 Å². The molecule has 0 radical (unpaired) electrons. The summed E-state index contributed by atoms with van der Waals surface area (Å²) < 4.78 is 1.80. The van der Waals surface area contributed by atoms with Crippen molar-refractivity contribution < 1.29 is 9.59 Å². The molecular formula is C19H24N4O2. The van der Waals surface area contributed by atoms with Crippen molar-refractivity contribution in [2.24, 2.45) is 0 Å². The molecule has 0 spiro atoms. The molecule has 2 aromatic rings. The van der Waals surface area contributed by atoms with Crippen molar-refractivity contribution in [3.05, 3.63) is 53.9 Å². The Morgan fingerprint density at radius 2 is 2.00 bits per heavy atom. The molecule has 1 N–H and O–H groups in total. The van der Waals surface area contributed by atoms with Crippen LogP contribution in [0.5, 0.6) is 0 Å². The van der Waals surface area contributed by atoms with Gasteiger partial charge in [0.05, 0.1) is 11.4 Å². The van der Waals surface area contributed by atoms with Crippen molar-refractivity contribution in [3.8, 4) is 5.69 Å². The lowest BCUT2D eigenvalue weighted by Gasteiger charge is -2.20. The van der Waals surface area contributed by atoms with Crippen LogP contribution in [0.3, 0.4) is 0 Å². The molecule has 0 atom stereocenters. The van der Waals surface area contributed by atoms with E-state index in [9.17, 15) is 9.59 Å². The van der Waals surface area contributed by atoms with E-state index < -0.39 is 11.8 Å². The van der Waals surface area contributed by atoms with Gasteiger partial charge in [-0.25, -0.2) is 4.68 Å². The lowest BCUT2D eigenvalue weighted by molar-refractivity contribution is -0.142. The zero-order valence-corrected chi connectivity index (χ0v) is 15.2. The number of rotatable bonds is 5. The predicted octanol–water partition coefficient (Wildman–Crippen LogP) is 2.85. The van der Waals surface area contributed by atoms with Gasteiger partial charge in [-0.05, 0) is 52.0 Å². The monoisotopic (exact) mass is 340 g/mol. The minimum Gasteiger partial charge on any atom is -0.331 e. The number of hydrogen-bond acceptors (Lipinski definition) is 3. The molecule has 2 amide bonds. The minimum absolute atomic E-state index is 0.370. The van der Waals surface area contributed by atoms with Crippen LogP contribution in [0.1, 0.15) is 25.2 Å². The molecule has 0 aliphatic carbocycles. The lowest BCUT2D eigenvalue weighted by Crippen LogP contribution is -2.40. The number of nitrogens with one attached hydrogen (secondary N) is 1. The Balaban J connectivity index is 2.16.